The molecule has 0 unspecified atom stereocenters. The molecule has 22 heavy (non-hydrogen) atoms. The Kier molecular flexibility index (Phi) is 4.46. The fourth-order valence-electron chi connectivity index (χ4n) is 3.98. The van der Waals surface area contributed by atoms with Crippen LogP contribution in [0.3, 0.4) is 0 Å². The molecule has 3 rings (SSSR count). The molecular weight excluding hydrogens is 276 g/mol. The minimum atomic E-state index is -0.0640. The van der Waals surface area contributed by atoms with Gasteiger partial charge < -0.3 is 10.6 Å². The van der Waals surface area contributed by atoms with Crippen molar-refractivity contribution in [3.8, 4) is 0 Å². The standard InChI is InChI=1S/C18H24N2O2/c1-12(21)20-16-6-3-13(4-7-16)8-9-19-18(22)17-11-14-2-5-15(17)10-14/h3-4,6-7,14-15,17H,2,5,8-11H2,1H3,(H,19,22)(H,20,21)/t14-,15-,17-/m0/s1. The van der Waals surface area contributed by atoms with Gasteiger partial charge in [0.1, 0.15) is 0 Å². The largest absolute Gasteiger partial charge is 0.356 e. The van der Waals surface area contributed by atoms with E-state index < -0.39 is 0 Å². The number of anilines is 1. The van der Waals surface area contributed by atoms with Crippen molar-refractivity contribution in [3.63, 3.8) is 0 Å². The van der Waals surface area contributed by atoms with Crippen molar-refractivity contribution in [1.82, 2.24) is 5.32 Å². The Morgan fingerprint density at radius 2 is 1.91 bits per heavy atom. The van der Waals surface area contributed by atoms with Gasteiger partial charge in [-0.2, -0.15) is 0 Å². The number of carbonyl (C=O) groups excluding carboxylic acids is 2. The van der Waals surface area contributed by atoms with Crippen LogP contribution in [0.25, 0.3) is 0 Å². The smallest absolute Gasteiger partial charge is 0.223 e. The van der Waals surface area contributed by atoms with Crippen molar-refractivity contribution in [1.29, 1.82) is 0 Å². The highest BCUT2D eigenvalue weighted by Gasteiger charge is 2.42. The van der Waals surface area contributed by atoms with Crippen LogP contribution < -0.4 is 10.6 Å². The second kappa shape index (κ2) is 6.51. The molecule has 0 aliphatic heterocycles. The van der Waals surface area contributed by atoms with Crippen molar-refractivity contribution >= 4 is 17.5 Å². The molecule has 1 aromatic carbocycles. The fraction of sp³-hybridized carbons (Fsp3) is 0.556. The zero-order chi connectivity index (χ0) is 15.5. The lowest BCUT2D eigenvalue weighted by atomic mass is 9.88. The Hall–Kier alpha value is -1.84. The Morgan fingerprint density at radius 3 is 2.50 bits per heavy atom. The van der Waals surface area contributed by atoms with Gasteiger partial charge in [-0.05, 0) is 55.2 Å². The lowest BCUT2D eigenvalue weighted by Gasteiger charge is -2.20. The van der Waals surface area contributed by atoms with E-state index in [9.17, 15) is 9.59 Å². The number of fused-ring (bicyclic) bond motifs is 2. The molecule has 3 atom stereocenters. The number of hydrogen-bond donors (Lipinski definition) is 2. The van der Waals surface area contributed by atoms with Gasteiger partial charge in [0.25, 0.3) is 0 Å². The van der Waals surface area contributed by atoms with Gasteiger partial charge >= 0.3 is 0 Å². The number of hydrogen-bond acceptors (Lipinski definition) is 2. The number of amides is 2. The number of rotatable bonds is 5. The average Bonchev–Trinajstić information content (AvgIpc) is 3.11. The fourth-order valence-corrected chi connectivity index (χ4v) is 3.98. The first kappa shape index (κ1) is 15.1. The van der Waals surface area contributed by atoms with Gasteiger partial charge in [-0.25, -0.2) is 0 Å². The third-order valence-electron chi connectivity index (χ3n) is 5.06. The van der Waals surface area contributed by atoms with E-state index >= 15 is 0 Å². The van der Waals surface area contributed by atoms with Crippen LogP contribution in [0.4, 0.5) is 5.69 Å². The summed E-state index contributed by atoms with van der Waals surface area (Å²) in [4.78, 5) is 23.2. The molecule has 0 heterocycles. The van der Waals surface area contributed by atoms with Crippen molar-refractivity contribution < 1.29 is 9.59 Å². The van der Waals surface area contributed by atoms with Crippen molar-refractivity contribution in [2.75, 3.05) is 11.9 Å². The van der Waals surface area contributed by atoms with Crippen molar-refractivity contribution in [2.45, 2.75) is 39.0 Å². The molecule has 118 valence electrons. The normalized spacial score (nSPS) is 26.0. The van der Waals surface area contributed by atoms with E-state index in [2.05, 4.69) is 10.6 Å². The highest BCUT2D eigenvalue weighted by molar-refractivity contribution is 5.88. The average molecular weight is 300 g/mol. The number of nitrogens with one attached hydrogen (secondary N) is 2. The molecular formula is C18H24N2O2. The minimum Gasteiger partial charge on any atom is -0.356 e. The van der Waals surface area contributed by atoms with Crippen LogP contribution in [0.15, 0.2) is 24.3 Å². The maximum atomic E-state index is 12.2. The van der Waals surface area contributed by atoms with Crippen LogP contribution in [0.5, 0.6) is 0 Å². The summed E-state index contributed by atoms with van der Waals surface area (Å²) in [5, 5.41) is 5.85. The highest BCUT2D eigenvalue weighted by atomic mass is 16.2. The van der Waals surface area contributed by atoms with Crippen LogP contribution >= 0.6 is 0 Å². The molecule has 0 aromatic heterocycles. The van der Waals surface area contributed by atoms with E-state index in [1.807, 2.05) is 24.3 Å². The molecule has 2 amide bonds. The SMILES string of the molecule is CC(=O)Nc1ccc(CCNC(=O)[C@H]2C[C@H]3CC[C@H]2C3)cc1. The molecule has 0 spiro atoms. The van der Waals surface area contributed by atoms with Crippen LogP contribution in [0, 0.1) is 17.8 Å². The molecule has 0 saturated heterocycles. The molecule has 4 nitrogen and oxygen atoms in total. The van der Waals surface area contributed by atoms with E-state index in [0.717, 1.165) is 24.4 Å². The number of benzene rings is 1. The van der Waals surface area contributed by atoms with Crippen LogP contribution in [-0.4, -0.2) is 18.4 Å². The minimum absolute atomic E-state index is 0.0640. The molecule has 2 N–H and O–H groups in total. The third-order valence-corrected chi connectivity index (χ3v) is 5.06. The number of carbonyl (C=O) groups is 2. The van der Waals surface area contributed by atoms with Gasteiger partial charge in [0.2, 0.25) is 11.8 Å². The first-order chi connectivity index (χ1) is 10.6. The van der Waals surface area contributed by atoms with Crippen molar-refractivity contribution in [2.24, 2.45) is 17.8 Å². The molecule has 4 heteroatoms. The van der Waals surface area contributed by atoms with Gasteiger partial charge in [0.05, 0.1) is 0 Å². The molecule has 2 bridgehead atoms. The predicted molar refractivity (Wildman–Crippen MR) is 86.4 cm³/mol. The first-order valence-corrected chi connectivity index (χ1v) is 8.26. The zero-order valence-corrected chi connectivity index (χ0v) is 13.1. The third kappa shape index (κ3) is 3.49. The van der Waals surface area contributed by atoms with Crippen LogP contribution in [0.2, 0.25) is 0 Å². The molecule has 2 aliphatic carbocycles. The molecule has 2 aliphatic rings. The predicted octanol–water partition coefficient (Wildman–Crippen LogP) is 2.74. The summed E-state index contributed by atoms with van der Waals surface area (Å²) in [5.74, 6) is 1.90. The van der Waals surface area contributed by atoms with Crippen molar-refractivity contribution in [3.05, 3.63) is 29.8 Å². The highest BCUT2D eigenvalue weighted by Crippen LogP contribution is 2.48. The Morgan fingerprint density at radius 1 is 1.14 bits per heavy atom. The molecule has 0 radical (unpaired) electrons. The lowest BCUT2D eigenvalue weighted by molar-refractivity contribution is -0.126. The van der Waals surface area contributed by atoms with Crippen LogP contribution in [-0.2, 0) is 16.0 Å². The van der Waals surface area contributed by atoms with E-state index in [1.165, 1.54) is 31.7 Å². The summed E-state index contributed by atoms with van der Waals surface area (Å²) < 4.78 is 0. The van der Waals surface area contributed by atoms with Gasteiger partial charge in [0.15, 0.2) is 0 Å². The summed E-state index contributed by atoms with van der Waals surface area (Å²) in [6, 6.07) is 7.78. The quantitative estimate of drug-likeness (QED) is 0.878. The second-order valence-corrected chi connectivity index (χ2v) is 6.70. The molecule has 1 aromatic rings. The van der Waals surface area contributed by atoms with E-state index in [-0.39, 0.29) is 17.7 Å². The van der Waals surface area contributed by atoms with Gasteiger partial charge in [-0.15, -0.1) is 0 Å². The summed E-state index contributed by atoms with van der Waals surface area (Å²) in [7, 11) is 0. The topological polar surface area (TPSA) is 58.2 Å². The first-order valence-electron chi connectivity index (χ1n) is 8.26. The zero-order valence-electron chi connectivity index (χ0n) is 13.1. The molecule has 2 fully saturated rings. The Balaban J connectivity index is 1.43. The summed E-state index contributed by atoms with van der Waals surface area (Å²) in [6.07, 6.45) is 5.76. The maximum Gasteiger partial charge on any atom is 0.223 e. The summed E-state index contributed by atoms with van der Waals surface area (Å²) >= 11 is 0. The second-order valence-electron chi connectivity index (χ2n) is 6.70. The lowest BCUT2D eigenvalue weighted by Crippen LogP contribution is -2.34. The van der Waals surface area contributed by atoms with Gasteiger partial charge in [0, 0.05) is 25.1 Å². The summed E-state index contributed by atoms with van der Waals surface area (Å²) in [6.45, 7) is 2.19. The Labute approximate surface area is 131 Å². The van der Waals surface area contributed by atoms with E-state index in [1.54, 1.807) is 0 Å². The van der Waals surface area contributed by atoms with Gasteiger partial charge in [-0.3, -0.25) is 9.59 Å². The van der Waals surface area contributed by atoms with Gasteiger partial charge in [-0.1, -0.05) is 18.6 Å². The Bertz CT molecular complexity index is 553. The maximum absolute atomic E-state index is 12.2. The summed E-state index contributed by atoms with van der Waals surface area (Å²) in [5.41, 5.74) is 1.98. The molecule has 2 saturated carbocycles. The van der Waals surface area contributed by atoms with E-state index in [0.29, 0.717) is 12.5 Å². The van der Waals surface area contributed by atoms with Crippen LogP contribution in [0.1, 0.15) is 38.2 Å². The van der Waals surface area contributed by atoms with E-state index in [4.69, 9.17) is 0 Å². The monoisotopic (exact) mass is 300 g/mol.